The number of unbranched alkanes of at least 4 members (excludes halogenated alkanes) is 15. The summed E-state index contributed by atoms with van der Waals surface area (Å²) in [6.45, 7) is 4.41. The average Bonchev–Trinajstić information content (AvgIpc) is 3.03. The zero-order valence-corrected chi connectivity index (χ0v) is 28.4. The fraction of sp³-hybridized carbons (Fsp3) is 0.686. The van der Waals surface area contributed by atoms with Crippen molar-refractivity contribution in [2.75, 3.05) is 33.6 Å². The average molecular weight is 636 g/mol. The van der Waals surface area contributed by atoms with Crippen molar-refractivity contribution in [3.8, 4) is 5.75 Å². The molecule has 0 aliphatic rings. The number of nitrogens with zero attached hydrogens (tertiary/aromatic N) is 1. The van der Waals surface area contributed by atoms with Crippen LogP contribution < -0.4 is 14.4 Å². The minimum absolute atomic E-state index is 0.119. The molecule has 8 nitrogen and oxygen atoms in total. The van der Waals surface area contributed by atoms with Crippen LogP contribution in [0.4, 0.5) is 0 Å². The van der Waals surface area contributed by atoms with E-state index in [0.29, 0.717) is 13.3 Å². The minimum Gasteiger partial charge on any atom is -0.404 e. The van der Waals surface area contributed by atoms with Gasteiger partial charge in [0, 0.05) is 24.8 Å². The van der Waals surface area contributed by atoms with Gasteiger partial charge >= 0.3 is 7.82 Å². The van der Waals surface area contributed by atoms with Crippen LogP contribution >= 0.6 is 7.82 Å². The van der Waals surface area contributed by atoms with Crippen molar-refractivity contribution < 1.29 is 32.5 Å². The third-order valence-electron chi connectivity index (χ3n) is 7.76. The molecule has 2 N–H and O–H groups in total. The molecule has 1 heterocycles. The molecule has 2 rings (SSSR count). The van der Waals surface area contributed by atoms with E-state index < -0.39 is 13.9 Å². The van der Waals surface area contributed by atoms with Crippen LogP contribution in [-0.4, -0.2) is 44.6 Å². The molecule has 2 aromatic rings. The van der Waals surface area contributed by atoms with E-state index in [1.165, 1.54) is 103 Å². The predicted octanol–water partition coefficient (Wildman–Crippen LogP) is 8.36. The van der Waals surface area contributed by atoms with Gasteiger partial charge < -0.3 is 14.0 Å². The largest absolute Gasteiger partial charge is 0.527 e. The summed E-state index contributed by atoms with van der Waals surface area (Å²) < 4.78 is 35.8. The second-order valence-corrected chi connectivity index (χ2v) is 13.1. The Bertz CT molecular complexity index is 979. The van der Waals surface area contributed by atoms with Crippen molar-refractivity contribution in [2.45, 2.75) is 122 Å². The topological polar surface area (TPSA) is 90.1 Å². The lowest BCUT2D eigenvalue weighted by atomic mass is 10.0. The van der Waals surface area contributed by atoms with Crippen molar-refractivity contribution in [2.24, 2.45) is 0 Å². The number of aromatic nitrogens is 1. The maximum Gasteiger partial charge on any atom is 0.527 e. The first-order valence-electron chi connectivity index (χ1n) is 17.0. The molecule has 2 atom stereocenters. The quantitative estimate of drug-likeness (QED) is 0.0402. The summed E-state index contributed by atoms with van der Waals surface area (Å²) in [5, 5.41) is 3.29. The molecule has 1 aromatic heterocycles. The van der Waals surface area contributed by atoms with Crippen LogP contribution in [0, 0.1) is 0 Å². The smallest absolute Gasteiger partial charge is 0.404 e. The number of hydrogen-bond acceptors (Lipinski definition) is 6. The Hall–Kier alpha value is -1.80. The first kappa shape index (κ1) is 38.4. The van der Waals surface area contributed by atoms with Crippen molar-refractivity contribution in [1.29, 1.82) is 0 Å². The molecule has 0 saturated carbocycles. The number of methoxy groups -OCH3 is 1. The highest BCUT2D eigenvalue weighted by molar-refractivity contribution is 7.47. The fourth-order valence-electron chi connectivity index (χ4n) is 5.06. The maximum absolute atomic E-state index is 12.4. The monoisotopic (exact) mass is 635 g/mol. The SMILES string of the molecule is CCCCCCCCCCCCCCCCCCNCOCC(COP(=O)(O)Oc1ccc(C[n+]2ccccc2)cc1)OC. The van der Waals surface area contributed by atoms with Crippen LogP contribution in [0.5, 0.6) is 5.75 Å². The van der Waals surface area contributed by atoms with Crippen LogP contribution in [0.2, 0.25) is 0 Å². The van der Waals surface area contributed by atoms with E-state index in [2.05, 4.69) is 12.2 Å². The lowest BCUT2D eigenvalue weighted by Crippen LogP contribution is -2.32. The van der Waals surface area contributed by atoms with E-state index in [1.807, 2.05) is 47.3 Å². The van der Waals surface area contributed by atoms with E-state index in [0.717, 1.165) is 18.5 Å². The highest BCUT2D eigenvalue weighted by atomic mass is 31.2. The van der Waals surface area contributed by atoms with Gasteiger partial charge in [-0.25, -0.2) is 9.13 Å². The first-order chi connectivity index (χ1) is 21.5. The van der Waals surface area contributed by atoms with Gasteiger partial charge in [-0.2, -0.15) is 0 Å². The standard InChI is InChI=1S/C35H59N2O6P/c1-3-4-5-6-7-8-9-10-11-12-13-14-15-16-17-19-26-36-32-41-30-35(40-2)31-42-44(38,39)43-34-24-22-33(23-25-34)29-37-27-20-18-21-28-37/h18,20-25,27-28,35-36H,3-17,19,26,29-32H2,1-2H3/p+1. The molecule has 250 valence electrons. The van der Waals surface area contributed by atoms with Gasteiger partial charge in [-0.1, -0.05) is 109 Å². The molecule has 0 amide bonds. The Morgan fingerprint density at radius 2 is 1.32 bits per heavy atom. The highest BCUT2D eigenvalue weighted by Gasteiger charge is 2.25. The second-order valence-electron chi connectivity index (χ2n) is 11.7. The van der Waals surface area contributed by atoms with Crippen LogP contribution in [-0.2, 0) is 25.1 Å². The molecule has 0 fully saturated rings. The molecule has 0 spiro atoms. The number of nitrogens with one attached hydrogen (secondary N) is 1. The number of phosphoric ester groups is 1. The number of rotatable bonds is 29. The van der Waals surface area contributed by atoms with E-state index in [9.17, 15) is 9.46 Å². The fourth-order valence-corrected chi connectivity index (χ4v) is 5.86. The summed E-state index contributed by atoms with van der Waals surface area (Å²) in [7, 11) is -2.78. The summed E-state index contributed by atoms with van der Waals surface area (Å²) >= 11 is 0. The third kappa shape index (κ3) is 20.3. The lowest BCUT2D eigenvalue weighted by Gasteiger charge is -2.18. The van der Waals surface area contributed by atoms with E-state index in [1.54, 1.807) is 12.1 Å². The van der Waals surface area contributed by atoms with Gasteiger partial charge in [0.05, 0.1) is 19.9 Å². The first-order valence-corrected chi connectivity index (χ1v) is 18.5. The third-order valence-corrected chi connectivity index (χ3v) is 8.68. The second kappa shape index (κ2) is 25.4. The van der Waals surface area contributed by atoms with Crippen molar-refractivity contribution in [3.05, 3.63) is 60.4 Å². The number of pyridine rings is 1. The van der Waals surface area contributed by atoms with Gasteiger partial charge in [-0.3, -0.25) is 14.7 Å². The molecule has 9 heteroatoms. The summed E-state index contributed by atoms with van der Waals surface area (Å²) in [6, 6.07) is 12.9. The number of hydrogen-bond donors (Lipinski definition) is 2. The van der Waals surface area contributed by atoms with Gasteiger partial charge in [-0.05, 0) is 37.2 Å². The Morgan fingerprint density at radius 1 is 0.773 bits per heavy atom. The van der Waals surface area contributed by atoms with Crippen LogP contribution in [0.25, 0.3) is 0 Å². The van der Waals surface area contributed by atoms with Gasteiger partial charge in [0.15, 0.2) is 18.9 Å². The van der Waals surface area contributed by atoms with Crippen molar-refractivity contribution in [3.63, 3.8) is 0 Å². The molecule has 0 radical (unpaired) electrons. The van der Waals surface area contributed by atoms with Crippen molar-refractivity contribution in [1.82, 2.24) is 5.32 Å². The molecule has 0 aliphatic carbocycles. The Balaban J connectivity index is 1.41. The summed E-state index contributed by atoms with van der Waals surface area (Å²) in [5.74, 6) is 0.265. The molecule has 0 saturated heterocycles. The Morgan fingerprint density at radius 3 is 1.86 bits per heavy atom. The normalized spacial score (nSPS) is 13.5. The molecule has 0 bridgehead atoms. The van der Waals surface area contributed by atoms with Crippen molar-refractivity contribution >= 4 is 7.82 Å². The number of phosphoric acid groups is 1. The van der Waals surface area contributed by atoms with Gasteiger partial charge in [-0.15, -0.1) is 0 Å². The summed E-state index contributed by atoms with van der Waals surface area (Å²) in [4.78, 5) is 10.2. The zero-order chi connectivity index (χ0) is 31.6. The van der Waals surface area contributed by atoms with E-state index in [-0.39, 0.29) is 19.0 Å². The van der Waals surface area contributed by atoms with Gasteiger partial charge in [0.2, 0.25) is 0 Å². The van der Waals surface area contributed by atoms with Crippen LogP contribution in [0.1, 0.15) is 115 Å². The molecule has 0 aliphatic heterocycles. The van der Waals surface area contributed by atoms with E-state index >= 15 is 0 Å². The molecule has 2 unspecified atom stereocenters. The summed E-state index contributed by atoms with van der Waals surface area (Å²) in [6.07, 6.45) is 25.3. The molecule has 44 heavy (non-hydrogen) atoms. The van der Waals surface area contributed by atoms with Crippen LogP contribution in [0.3, 0.4) is 0 Å². The minimum atomic E-state index is -4.30. The van der Waals surface area contributed by atoms with Gasteiger partial charge in [0.1, 0.15) is 11.9 Å². The Kier molecular flexibility index (Phi) is 22.2. The molecular weight excluding hydrogens is 575 g/mol. The van der Waals surface area contributed by atoms with E-state index in [4.69, 9.17) is 18.5 Å². The Labute approximate surface area is 267 Å². The zero-order valence-electron chi connectivity index (χ0n) is 27.5. The summed E-state index contributed by atoms with van der Waals surface area (Å²) in [5.41, 5.74) is 1.04. The maximum atomic E-state index is 12.4. The van der Waals surface area contributed by atoms with Gasteiger partial charge in [0.25, 0.3) is 0 Å². The lowest BCUT2D eigenvalue weighted by molar-refractivity contribution is -0.688. The number of benzene rings is 1. The van der Waals surface area contributed by atoms with Crippen LogP contribution in [0.15, 0.2) is 54.9 Å². The number of ether oxygens (including phenoxy) is 2. The predicted molar refractivity (Wildman–Crippen MR) is 178 cm³/mol. The highest BCUT2D eigenvalue weighted by Crippen LogP contribution is 2.44. The molecular formula is C35H60N2O6P+. The molecule has 1 aromatic carbocycles.